The van der Waals surface area contributed by atoms with Crippen molar-refractivity contribution in [1.29, 1.82) is 0 Å². The van der Waals surface area contributed by atoms with Gasteiger partial charge in [0.2, 0.25) is 5.16 Å². The second-order valence-electron chi connectivity index (χ2n) is 3.74. The molecule has 1 heterocycles. The normalized spacial score (nSPS) is 10.8. The summed E-state index contributed by atoms with van der Waals surface area (Å²) in [5.41, 5.74) is 5.47. The predicted octanol–water partition coefficient (Wildman–Crippen LogP) is 2.11. The second-order valence-corrected chi connectivity index (χ2v) is 5.65. The van der Waals surface area contributed by atoms with Gasteiger partial charge in [-0.05, 0) is 28.6 Å². The number of benzene rings is 1. The first-order chi connectivity index (χ1) is 9.70. The highest BCUT2D eigenvalue weighted by Crippen LogP contribution is 2.27. The Bertz CT molecular complexity index is 565. The van der Waals surface area contributed by atoms with E-state index in [4.69, 9.17) is 33.7 Å². The van der Waals surface area contributed by atoms with Crippen molar-refractivity contribution in [2.45, 2.75) is 11.7 Å². The maximum absolute atomic E-state index is 6.01. The van der Waals surface area contributed by atoms with Gasteiger partial charge in [0.1, 0.15) is 5.75 Å². The number of ether oxygens (including phenoxy) is 1. The van der Waals surface area contributed by atoms with Crippen LogP contribution in [0.3, 0.4) is 0 Å². The lowest BCUT2D eigenvalue weighted by molar-refractivity contribution is 0.344. The SMILES string of the molecule is NCCn1nnnc1SCCOc1ccc(Cl)cc1Cl. The van der Waals surface area contributed by atoms with Crippen LogP contribution in [0, 0.1) is 0 Å². The van der Waals surface area contributed by atoms with Crippen LogP contribution in [0.25, 0.3) is 0 Å². The maximum atomic E-state index is 6.01. The average molecular weight is 334 g/mol. The van der Waals surface area contributed by atoms with E-state index in [9.17, 15) is 0 Å². The van der Waals surface area contributed by atoms with Gasteiger partial charge in [0.15, 0.2) is 0 Å². The van der Waals surface area contributed by atoms with E-state index in [0.717, 1.165) is 5.16 Å². The Kier molecular flexibility index (Phi) is 5.90. The first-order valence-electron chi connectivity index (χ1n) is 5.87. The van der Waals surface area contributed by atoms with Gasteiger partial charge in [-0.3, -0.25) is 0 Å². The lowest BCUT2D eigenvalue weighted by atomic mass is 10.3. The molecule has 0 bridgehead atoms. The molecule has 0 fully saturated rings. The van der Waals surface area contributed by atoms with Gasteiger partial charge in [-0.2, -0.15) is 0 Å². The molecule has 0 spiro atoms. The van der Waals surface area contributed by atoms with Crippen molar-refractivity contribution < 1.29 is 4.74 Å². The summed E-state index contributed by atoms with van der Waals surface area (Å²) in [4.78, 5) is 0. The molecule has 2 aromatic rings. The summed E-state index contributed by atoms with van der Waals surface area (Å²) >= 11 is 13.3. The van der Waals surface area contributed by atoms with Gasteiger partial charge in [0, 0.05) is 17.3 Å². The molecule has 0 radical (unpaired) electrons. The van der Waals surface area contributed by atoms with Crippen LogP contribution < -0.4 is 10.5 Å². The fourth-order valence-corrected chi connectivity index (χ4v) is 2.62. The van der Waals surface area contributed by atoms with Crippen LogP contribution in [0.1, 0.15) is 0 Å². The molecule has 9 heteroatoms. The molecule has 0 atom stereocenters. The quantitative estimate of drug-likeness (QED) is 0.617. The Balaban J connectivity index is 1.80. The van der Waals surface area contributed by atoms with Gasteiger partial charge in [0.25, 0.3) is 0 Å². The zero-order valence-electron chi connectivity index (χ0n) is 10.5. The van der Waals surface area contributed by atoms with E-state index in [-0.39, 0.29) is 0 Å². The third-order valence-electron chi connectivity index (χ3n) is 2.31. The maximum Gasteiger partial charge on any atom is 0.209 e. The van der Waals surface area contributed by atoms with Crippen LogP contribution in [0.2, 0.25) is 10.0 Å². The Morgan fingerprint density at radius 2 is 2.20 bits per heavy atom. The van der Waals surface area contributed by atoms with Gasteiger partial charge < -0.3 is 10.5 Å². The average Bonchev–Trinajstić information content (AvgIpc) is 2.85. The van der Waals surface area contributed by atoms with Crippen LogP contribution in [-0.4, -0.2) is 39.1 Å². The van der Waals surface area contributed by atoms with Crippen molar-refractivity contribution in [3.8, 4) is 5.75 Å². The molecule has 0 amide bonds. The van der Waals surface area contributed by atoms with Crippen molar-refractivity contribution in [3.63, 3.8) is 0 Å². The highest BCUT2D eigenvalue weighted by atomic mass is 35.5. The molecular weight excluding hydrogens is 321 g/mol. The fraction of sp³-hybridized carbons (Fsp3) is 0.364. The van der Waals surface area contributed by atoms with Gasteiger partial charge in [-0.25, -0.2) is 4.68 Å². The molecule has 20 heavy (non-hydrogen) atoms. The topological polar surface area (TPSA) is 78.9 Å². The number of nitrogens with zero attached hydrogens (tertiary/aromatic N) is 4. The number of hydrogen-bond donors (Lipinski definition) is 1. The van der Waals surface area contributed by atoms with Gasteiger partial charge in [0.05, 0.1) is 18.2 Å². The van der Waals surface area contributed by atoms with Crippen LogP contribution >= 0.6 is 35.0 Å². The summed E-state index contributed by atoms with van der Waals surface area (Å²) in [6.45, 7) is 1.58. The minimum atomic E-state index is 0.488. The number of halogens is 2. The largest absolute Gasteiger partial charge is 0.491 e. The molecule has 2 N–H and O–H groups in total. The third-order valence-corrected chi connectivity index (χ3v) is 3.76. The smallest absolute Gasteiger partial charge is 0.209 e. The van der Waals surface area contributed by atoms with E-state index in [2.05, 4.69) is 15.5 Å². The minimum absolute atomic E-state index is 0.488. The van der Waals surface area contributed by atoms with Crippen molar-refractivity contribution in [1.82, 2.24) is 20.2 Å². The molecule has 1 aromatic heterocycles. The van der Waals surface area contributed by atoms with E-state index in [0.29, 0.717) is 41.2 Å². The highest BCUT2D eigenvalue weighted by Gasteiger charge is 2.06. The van der Waals surface area contributed by atoms with Crippen LogP contribution in [0.5, 0.6) is 5.75 Å². The molecule has 0 aliphatic rings. The Morgan fingerprint density at radius 1 is 1.35 bits per heavy atom. The first kappa shape index (κ1) is 15.4. The highest BCUT2D eigenvalue weighted by molar-refractivity contribution is 7.99. The van der Waals surface area contributed by atoms with E-state index >= 15 is 0 Å². The number of aromatic nitrogens is 4. The van der Waals surface area contributed by atoms with Crippen LogP contribution in [0.4, 0.5) is 0 Å². The molecule has 0 saturated heterocycles. The molecule has 1 aromatic carbocycles. The Labute approximate surface area is 130 Å². The van der Waals surface area contributed by atoms with E-state index in [1.54, 1.807) is 22.9 Å². The minimum Gasteiger partial charge on any atom is -0.491 e. The lowest BCUT2D eigenvalue weighted by Gasteiger charge is -2.07. The van der Waals surface area contributed by atoms with Crippen molar-refractivity contribution in [2.75, 3.05) is 18.9 Å². The van der Waals surface area contributed by atoms with E-state index in [1.165, 1.54) is 11.8 Å². The number of nitrogens with two attached hydrogens (primary N) is 1. The summed E-state index contributed by atoms with van der Waals surface area (Å²) in [5, 5.41) is 13.2. The molecule has 0 aliphatic heterocycles. The zero-order chi connectivity index (χ0) is 14.4. The first-order valence-corrected chi connectivity index (χ1v) is 7.61. The summed E-state index contributed by atoms with van der Waals surface area (Å²) in [6.07, 6.45) is 0. The molecule has 108 valence electrons. The summed E-state index contributed by atoms with van der Waals surface area (Å²) < 4.78 is 7.24. The number of thioether (sulfide) groups is 1. The van der Waals surface area contributed by atoms with Crippen molar-refractivity contribution >= 4 is 35.0 Å². The molecule has 0 unspecified atom stereocenters. The molecule has 0 aliphatic carbocycles. The Hall–Kier alpha value is -1.02. The molecular formula is C11H13Cl2N5OS. The second kappa shape index (κ2) is 7.68. The molecule has 2 rings (SSSR count). The van der Waals surface area contributed by atoms with Crippen LogP contribution in [-0.2, 0) is 6.54 Å². The van der Waals surface area contributed by atoms with E-state index < -0.39 is 0 Å². The lowest BCUT2D eigenvalue weighted by Crippen LogP contribution is -2.12. The van der Waals surface area contributed by atoms with Gasteiger partial charge >= 0.3 is 0 Å². The van der Waals surface area contributed by atoms with Gasteiger partial charge in [-0.1, -0.05) is 35.0 Å². The molecule has 6 nitrogen and oxygen atoms in total. The number of tetrazole rings is 1. The van der Waals surface area contributed by atoms with Crippen molar-refractivity contribution in [2.24, 2.45) is 5.73 Å². The monoisotopic (exact) mass is 333 g/mol. The molecule has 0 saturated carbocycles. The van der Waals surface area contributed by atoms with Crippen molar-refractivity contribution in [3.05, 3.63) is 28.2 Å². The summed E-state index contributed by atoms with van der Waals surface area (Å²) in [5.74, 6) is 1.31. The fourth-order valence-electron chi connectivity index (χ4n) is 1.44. The van der Waals surface area contributed by atoms with Crippen LogP contribution in [0.15, 0.2) is 23.4 Å². The number of rotatable bonds is 7. The Morgan fingerprint density at radius 3 is 2.95 bits per heavy atom. The zero-order valence-corrected chi connectivity index (χ0v) is 12.8. The van der Waals surface area contributed by atoms with E-state index in [1.807, 2.05) is 0 Å². The standard InChI is InChI=1S/C11H13Cl2N5OS/c12-8-1-2-10(9(13)7-8)19-5-6-20-11-15-16-17-18(11)4-3-14/h1-2,7H,3-6,14H2. The third kappa shape index (κ3) is 4.24. The van der Waals surface area contributed by atoms with Gasteiger partial charge in [-0.15, -0.1) is 5.10 Å². The summed E-state index contributed by atoms with van der Waals surface area (Å²) in [7, 11) is 0. The summed E-state index contributed by atoms with van der Waals surface area (Å²) in [6, 6.07) is 5.12. The predicted molar refractivity (Wildman–Crippen MR) is 79.6 cm³/mol. The number of hydrogen-bond acceptors (Lipinski definition) is 6.